The molecule has 0 aromatic carbocycles. The summed E-state index contributed by atoms with van der Waals surface area (Å²) in [6.45, 7) is 4.38. The molecule has 1 N–H and O–H groups in total. The highest BCUT2D eigenvalue weighted by Gasteiger charge is 2.35. The number of hydrogen-bond donors (Lipinski definition) is 1. The van der Waals surface area contributed by atoms with Crippen LogP contribution in [-0.2, 0) is 6.42 Å². The average molecular weight is 348 g/mol. The van der Waals surface area contributed by atoms with Crippen molar-refractivity contribution in [2.75, 3.05) is 0 Å². The lowest BCUT2D eigenvalue weighted by atomic mass is 9.74. The van der Waals surface area contributed by atoms with E-state index in [2.05, 4.69) is 29.1 Å². The molecule has 4 rings (SSSR count). The highest BCUT2D eigenvalue weighted by atomic mass is 16.3. The van der Waals surface area contributed by atoms with Crippen LogP contribution in [0, 0.1) is 5.41 Å². The number of nitrogens with zero attached hydrogens (tertiary/aromatic N) is 3. The van der Waals surface area contributed by atoms with E-state index in [0.717, 1.165) is 29.7 Å². The van der Waals surface area contributed by atoms with Gasteiger partial charge >= 0.3 is 0 Å². The van der Waals surface area contributed by atoms with Gasteiger partial charge in [-0.15, -0.1) is 0 Å². The second-order valence-electron chi connectivity index (χ2n) is 7.39. The molecule has 132 valence electrons. The van der Waals surface area contributed by atoms with Gasteiger partial charge in [-0.25, -0.2) is 9.97 Å². The Kier molecular flexibility index (Phi) is 4.03. The van der Waals surface area contributed by atoms with Crippen LogP contribution in [0.3, 0.4) is 0 Å². The lowest BCUT2D eigenvalue weighted by molar-refractivity contribution is 0.0890. The Hall–Kier alpha value is -3.02. The minimum atomic E-state index is -0.222. The van der Waals surface area contributed by atoms with Crippen LogP contribution in [-0.4, -0.2) is 20.9 Å². The third-order valence-electron chi connectivity index (χ3n) is 4.65. The summed E-state index contributed by atoms with van der Waals surface area (Å²) in [7, 11) is 0. The fourth-order valence-electron chi connectivity index (χ4n) is 3.45. The van der Waals surface area contributed by atoms with Gasteiger partial charge in [0.1, 0.15) is 0 Å². The molecule has 0 unspecified atom stereocenters. The Bertz CT molecular complexity index is 920. The number of nitrogens with one attached hydrogen (secondary N) is 1. The fraction of sp³-hybridized carbons (Fsp3) is 0.300. The van der Waals surface area contributed by atoms with Crippen LogP contribution in [0.5, 0.6) is 0 Å². The molecular weight excluding hydrogens is 328 g/mol. The molecule has 1 atom stereocenters. The van der Waals surface area contributed by atoms with Crippen molar-refractivity contribution in [3.8, 4) is 11.4 Å². The summed E-state index contributed by atoms with van der Waals surface area (Å²) in [4.78, 5) is 25.8. The molecule has 0 bridgehead atoms. The van der Waals surface area contributed by atoms with E-state index in [1.165, 1.54) is 6.26 Å². The van der Waals surface area contributed by atoms with Crippen LogP contribution in [0.2, 0.25) is 0 Å². The molecule has 0 saturated heterocycles. The average Bonchev–Trinajstić information content (AvgIpc) is 3.16. The van der Waals surface area contributed by atoms with Gasteiger partial charge in [-0.3, -0.25) is 9.78 Å². The van der Waals surface area contributed by atoms with Crippen molar-refractivity contribution in [2.45, 2.75) is 32.7 Å². The van der Waals surface area contributed by atoms with E-state index in [4.69, 9.17) is 9.40 Å². The fourth-order valence-corrected chi connectivity index (χ4v) is 3.45. The third kappa shape index (κ3) is 3.22. The lowest BCUT2D eigenvalue weighted by Crippen LogP contribution is -2.37. The van der Waals surface area contributed by atoms with Gasteiger partial charge in [0, 0.05) is 29.7 Å². The van der Waals surface area contributed by atoms with Crippen molar-refractivity contribution in [1.82, 2.24) is 20.3 Å². The summed E-state index contributed by atoms with van der Waals surface area (Å²) >= 11 is 0. The quantitative estimate of drug-likeness (QED) is 0.782. The first-order chi connectivity index (χ1) is 12.5. The maximum Gasteiger partial charge on any atom is 0.287 e. The zero-order valence-electron chi connectivity index (χ0n) is 14.8. The number of furan rings is 1. The molecule has 3 aromatic heterocycles. The summed E-state index contributed by atoms with van der Waals surface area (Å²) in [6, 6.07) is 7.03. The number of fused-ring (bicyclic) bond motifs is 1. The molecule has 0 radical (unpaired) electrons. The molecule has 0 fully saturated rings. The number of carbonyl (C=O) groups is 1. The van der Waals surface area contributed by atoms with Gasteiger partial charge in [-0.1, -0.05) is 13.8 Å². The Morgan fingerprint density at radius 3 is 2.88 bits per heavy atom. The van der Waals surface area contributed by atoms with Crippen molar-refractivity contribution in [2.24, 2.45) is 5.41 Å². The number of pyridine rings is 1. The summed E-state index contributed by atoms with van der Waals surface area (Å²) in [5.74, 6) is 0.744. The number of rotatable bonds is 3. The van der Waals surface area contributed by atoms with Crippen molar-refractivity contribution in [3.63, 3.8) is 0 Å². The standard InChI is InChI=1S/C20H20N4O2/c1-20(2)9-15-14(12-22-18(23-15)13-5-3-7-21-11-13)16(10-20)24-19(25)17-6-4-8-26-17/h3-8,11-12,16H,9-10H2,1-2H3,(H,24,25)/t16-/m1/s1. The van der Waals surface area contributed by atoms with Gasteiger partial charge in [0.15, 0.2) is 11.6 Å². The second kappa shape index (κ2) is 6.37. The molecule has 6 heteroatoms. The van der Waals surface area contributed by atoms with E-state index < -0.39 is 0 Å². The van der Waals surface area contributed by atoms with Crippen LogP contribution >= 0.6 is 0 Å². The van der Waals surface area contributed by atoms with Gasteiger partial charge in [-0.05, 0) is 42.5 Å². The van der Waals surface area contributed by atoms with E-state index >= 15 is 0 Å². The second-order valence-corrected chi connectivity index (χ2v) is 7.39. The number of aromatic nitrogens is 3. The van der Waals surface area contributed by atoms with Gasteiger partial charge < -0.3 is 9.73 Å². The Morgan fingerprint density at radius 2 is 2.15 bits per heavy atom. The van der Waals surface area contributed by atoms with E-state index in [-0.39, 0.29) is 17.4 Å². The number of amides is 1. The maximum absolute atomic E-state index is 12.4. The Balaban J connectivity index is 1.67. The molecule has 1 amide bonds. The van der Waals surface area contributed by atoms with Gasteiger partial charge in [0.05, 0.1) is 18.0 Å². The van der Waals surface area contributed by atoms with Gasteiger partial charge in [-0.2, -0.15) is 0 Å². The smallest absolute Gasteiger partial charge is 0.287 e. The SMILES string of the molecule is CC1(C)Cc2nc(-c3cccnc3)ncc2[C@H](NC(=O)c2ccco2)C1. The van der Waals surface area contributed by atoms with Crippen molar-refractivity contribution in [1.29, 1.82) is 0 Å². The molecule has 3 aromatic rings. The number of carbonyl (C=O) groups excluding carboxylic acids is 1. The molecule has 0 aliphatic heterocycles. The van der Waals surface area contributed by atoms with Crippen LogP contribution in [0.15, 0.2) is 53.5 Å². The monoisotopic (exact) mass is 348 g/mol. The van der Waals surface area contributed by atoms with E-state index in [1.54, 1.807) is 24.5 Å². The normalized spacial score (nSPS) is 18.2. The van der Waals surface area contributed by atoms with Crippen LogP contribution in [0.1, 0.15) is 48.1 Å². The minimum Gasteiger partial charge on any atom is -0.459 e. The highest BCUT2D eigenvalue weighted by Crippen LogP contribution is 2.40. The van der Waals surface area contributed by atoms with Crippen LogP contribution in [0.4, 0.5) is 0 Å². The molecule has 6 nitrogen and oxygen atoms in total. The Labute approximate surface area is 151 Å². The molecule has 0 saturated carbocycles. The summed E-state index contributed by atoms with van der Waals surface area (Å²) in [5, 5.41) is 3.07. The van der Waals surface area contributed by atoms with Gasteiger partial charge in [0.2, 0.25) is 0 Å². The predicted molar refractivity (Wildman–Crippen MR) is 96.3 cm³/mol. The zero-order valence-corrected chi connectivity index (χ0v) is 14.8. The van der Waals surface area contributed by atoms with Crippen molar-refractivity contribution >= 4 is 5.91 Å². The van der Waals surface area contributed by atoms with Crippen LogP contribution in [0.25, 0.3) is 11.4 Å². The molecule has 26 heavy (non-hydrogen) atoms. The number of hydrogen-bond acceptors (Lipinski definition) is 5. The van der Waals surface area contributed by atoms with Crippen molar-refractivity contribution in [3.05, 3.63) is 66.1 Å². The first-order valence-corrected chi connectivity index (χ1v) is 8.62. The first-order valence-electron chi connectivity index (χ1n) is 8.62. The largest absolute Gasteiger partial charge is 0.459 e. The molecule has 3 heterocycles. The molecule has 1 aliphatic carbocycles. The summed E-state index contributed by atoms with van der Waals surface area (Å²) in [5.41, 5.74) is 2.85. The van der Waals surface area contributed by atoms with E-state index in [9.17, 15) is 4.79 Å². The molecule has 0 spiro atoms. The van der Waals surface area contributed by atoms with E-state index in [0.29, 0.717) is 11.6 Å². The maximum atomic E-state index is 12.4. The van der Waals surface area contributed by atoms with Crippen molar-refractivity contribution < 1.29 is 9.21 Å². The highest BCUT2D eigenvalue weighted by molar-refractivity contribution is 5.91. The minimum absolute atomic E-state index is 0.0225. The van der Waals surface area contributed by atoms with E-state index in [1.807, 2.05) is 18.3 Å². The van der Waals surface area contributed by atoms with Gasteiger partial charge in [0.25, 0.3) is 5.91 Å². The summed E-state index contributed by atoms with van der Waals surface area (Å²) < 4.78 is 5.20. The first kappa shape index (κ1) is 16.4. The molecule has 1 aliphatic rings. The zero-order chi connectivity index (χ0) is 18.1. The third-order valence-corrected chi connectivity index (χ3v) is 4.65. The summed E-state index contributed by atoms with van der Waals surface area (Å²) in [6.07, 6.45) is 8.47. The Morgan fingerprint density at radius 1 is 1.27 bits per heavy atom. The lowest BCUT2D eigenvalue weighted by Gasteiger charge is -2.36. The topological polar surface area (TPSA) is 80.9 Å². The van der Waals surface area contributed by atoms with Crippen LogP contribution < -0.4 is 5.32 Å². The predicted octanol–water partition coefficient (Wildman–Crippen LogP) is 3.58. The molecular formula is C20H20N4O2.